The van der Waals surface area contributed by atoms with Gasteiger partial charge >= 0.3 is 0 Å². The molecular formula is C17H18N2O4S2. The van der Waals surface area contributed by atoms with E-state index < -0.39 is 21.8 Å². The Bertz CT molecular complexity index is 891. The summed E-state index contributed by atoms with van der Waals surface area (Å²) < 4.78 is 25.2. The predicted octanol–water partition coefficient (Wildman–Crippen LogP) is 2.03. The third kappa shape index (κ3) is 3.74. The zero-order valence-electron chi connectivity index (χ0n) is 13.6. The number of carbonyl (C=O) groups excluding carboxylic acids is 2. The average molecular weight is 378 g/mol. The highest BCUT2D eigenvalue weighted by Crippen LogP contribution is 2.28. The van der Waals surface area contributed by atoms with Crippen LogP contribution in [0.3, 0.4) is 0 Å². The van der Waals surface area contributed by atoms with Gasteiger partial charge in [-0.3, -0.25) is 9.59 Å². The fourth-order valence-corrected chi connectivity index (χ4v) is 5.24. The van der Waals surface area contributed by atoms with Gasteiger partial charge in [0.1, 0.15) is 0 Å². The number of nitrogens with zero attached hydrogens (tertiary/aromatic N) is 1. The molecule has 0 saturated carbocycles. The third-order valence-corrected chi connectivity index (χ3v) is 6.74. The second-order valence-corrected chi connectivity index (χ2v) is 8.81. The van der Waals surface area contributed by atoms with Gasteiger partial charge in [0.25, 0.3) is 5.91 Å². The maximum Gasteiger partial charge on any atom is 0.251 e. The monoisotopic (exact) mass is 378 g/mol. The van der Waals surface area contributed by atoms with Gasteiger partial charge in [0.15, 0.2) is 0 Å². The highest BCUT2D eigenvalue weighted by Gasteiger charge is 2.42. The number of carbonyl (C=O) groups is 2. The van der Waals surface area contributed by atoms with Gasteiger partial charge in [-0.05, 0) is 36.1 Å². The van der Waals surface area contributed by atoms with E-state index in [4.69, 9.17) is 0 Å². The molecule has 1 aliphatic rings. The van der Waals surface area contributed by atoms with Gasteiger partial charge in [0.2, 0.25) is 15.9 Å². The van der Waals surface area contributed by atoms with Crippen LogP contribution in [0.25, 0.3) is 0 Å². The van der Waals surface area contributed by atoms with Crippen LogP contribution in [-0.2, 0) is 21.2 Å². The molecule has 1 aliphatic heterocycles. The van der Waals surface area contributed by atoms with Crippen LogP contribution in [-0.4, -0.2) is 32.5 Å². The first-order valence-corrected chi connectivity index (χ1v) is 10.3. The molecule has 132 valence electrons. The van der Waals surface area contributed by atoms with Crippen LogP contribution in [0.1, 0.15) is 22.2 Å². The summed E-state index contributed by atoms with van der Waals surface area (Å²) in [5.41, 5.74) is 0.534. The molecule has 1 fully saturated rings. The summed E-state index contributed by atoms with van der Waals surface area (Å²) in [6.45, 7) is 2.07. The number of thiophene rings is 1. The minimum Gasteiger partial charge on any atom is -0.352 e. The van der Waals surface area contributed by atoms with Crippen LogP contribution < -0.4 is 9.62 Å². The second-order valence-electron chi connectivity index (χ2n) is 5.92. The molecule has 2 aromatic rings. The molecule has 0 unspecified atom stereocenters. The zero-order chi connectivity index (χ0) is 18.0. The third-order valence-electron chi connectivity index (χ3n) is 3.94. The van der Waals surface area contributed by atoms with Crippen molar-refractivity contribution in [3.05, 3.63) is 52.2 Å². The van der Waals surface area contributed by atoms with Crippen LogP contribution in [0.5, 0.6) is 0 Å². The van der Waals surface area contributed by atoms with E-state index in [0.717, 1.165) is 10.7 Å². The molecule has 0 spiro atoms. The number of hydrogen-bond donors (Lipinski definition) is 1. The number of nitrogens with one attached hydrogen (secondary N) is 1. The maximum absolute atomic E-state index is 12.3. The average Bonchev–Trinajstić information content (AvgIpc) is 3.14. The summed E-state index contributed by atoms with van der Waals surface area (Å²) in [5.74, 6) is -1.54. The number of amides is 2. The van der Waals surface area contributed by atoms with Crippen LogP contribution in [0, 0.1) is 5.92 Å². The minimum atomic E-state index is -3.67. The Morgan fingerprint density at radius 3 is 2.76 bits per heavy atom. The predicted molar refractivity (Wildman–Crippen MR) is 97.2 cm³/mol. The molecule has 25 heavy (non-hydrogen) atoms. The van der Waals surface area contributed by atoms with E-state index in [9.17, 15) is 18.0 Å². The summed E-state index contributed by atoms with van der Waals surface area (Å²) in [4.78, 5) is 25.6. The molecule has 3 rings (SSSR count). The topological polar surface area (TPSA) is 83.6 Å². The Morgan fingerprint density at radius 2 is 2.12 bits per heavy atom. The normalized spacial score (nSPS) is 19.2. The van der Waals surface area contributed by atoms with Crippen molar-refractivity contribution in [2.45, 2.75) is 13.3 Å². The number of sulfonamides is 1. The lowest BCUT2D eigenvalue weighted by Crippen LogP contribution is -2.31. The highest BCUT2D eigenvalue weighted by molar-refractivity contribution is 7.94. The maximum atomic E-state index is 12.3. The molecule has 1 aromatic carbocycles. The Morgan fingerprint density at radius 1 is 1.32 bits per heavy atom. The first kappa shape index (κ1) is 17.6. The lowest BCUT2D eigenvalue weighted by Gasteiger charge is -2.16. The largest absolute Gasteiger partial charge is 0.352 e. The molecule has 1 aromatic heterocycles. The lowest BCUT2D eigenvalue weighted by molar-refractivity contribution is -0.119. The van der Waals surface area contributed by atoms with Crippen molar-refractivity contribution in [3.8, 4) is 0 Å². The van der Waals surface area contributed by atoms with E-state index >= 15 is 0 Å². The number of anilines is 1. The van der Waals surface area contributed by atoms with Crippen LogP contribution in [0.2, 0.25) is 0 Å². The molecule has 1 atom stereocenters. The van der Waals surface area contributed by atoms with Crippen molar-refractivity contribution in [1.82, 2.24) is 5.32 Å². The van der Waals surface area contributed by atoms with Crippen molar-refractivity contribution < 1.29 is 18.0 Å². The molecule has 6 nitrogen and oxygen atoms in total. The van der Waals surface area contributed by atoms with Gasteiger partial charge in [-0.25, -0.2) is 12.7 Å². The fourth-order valence-electron chi connectivity index (χ4n) is 2.72. The molecule has 2 heterocycles. The molecule has 0 bridgehead atoms. The van der Waals surface area contributed by atoms with Crippen molar-refractivity contribution in [3.63, 3.8) is 0 Å². The zero-order valence-corrected chi connectivity index (χ0v) is 15.3. The Kier molecular flexibility index (Phi) is 4.91. The van der Waals surface area contributed by atoms with E-state index in [0.29, 0.717) is 12.1 Å². The summed E-state index contributed by atoms with van der Waals surface area (Å²) in [5, 5.41) is 4.79. The molecule has 0 radical (unpaired) electrons. The van der Waals surface area contributed by atoms with Crippen molar-refractivity contribution in [1.29, 1.82) is 0 Å². The molecule has 8 heteroatoms. The summed E-state index contributed by atoms with van der Waals surface area (Å²) in [6.07, 6.45) is 0.736. The quantitative estimate of drug-likeness (QED) is 0.863. The van der Waals surface area contributed by atoms with E-state index in [2.05, 4.69) is 5.32 Å². The summed E-state index contributed by atoms with van der Waals surface area (Å²) in [7, 11) is -3.67. The number of hydrogen-bond acceptors (Lipinski definition) is 5. The molecule has 2 amide bonds. The van der Waals surface area contributed by atoms with Crippen LogP contribution in [0.4, 0.5) is 5.69 Å². The number of benzene rings is 1. The second kappa shape index (κ2) is 6.97. The van der Waals surface area contributed by atoms with E-state index in [-0.39, 0.29) is 17.3 Å². The first-order chi connectivity index (χ1) is 11.9. The minimum absolute atomic E-state index is 0.205. The van der Waals surface area contributed by atoms with Gasteiger partial charge < -0.3 is 5.32 Å². The van der Waals surface area contributed by atoms with Gasteiger partial charge in [0.05, 0.1) is 17.4 Å². The highest BCUT2D eigenvalue weighted by atomic mass is 32.2. The van der Waals surface area contributed by atoms with Gasteiger partial charge in [0, 0.05) is 17.0 Å². The standard InChI is InChI=1S/C17H18N2O4S2/c1-12-11-25(22,23)19(17(12)21)14-5-2-4-13(10-14)16(20)18-8-7-15-6-3-9-24-15/h2-6,9-10,12H,7-8,11H2,1H3,(H,18,20)/t12-/m1/s1. The van der Waals surface area contributed by atoms with Crippen LogP contribution in [0.15, 0.2) is 41.8 Å². The van der Waals surface area contributed by atoms with Crippen LogP contribution >= 0.6 is 11.3 Å². The summed E-state index contributed by atoms with van der Waals surface area (Å²) in [6, 6.07) is 10.1. The van der Waals surface area contributed by atoms with E-state index in [1.165, 1.54) is 17.0 Å². The van der Waals surface area contributed by atoms with Crippen molar-refractivity contribution in [2.75, 3.05) is 16.6 Å². The summed E-state index contributed by atoms with van der Waals surface area (Å²) >= 11 is 1.63. The Hall–Kier alpha value is -2.19. The Balaban J connectivity index is 1.73. The van der Waals surface area contributed by atoms with E-state index in [1.807, 2.05) is 17.5 Å². The first-order valence-electron chi connectivity index (χ1n) is 7.86. The van der Waals surface area contributed by atoms with Gasteiger partial charge in [-0.1, -0.05) is 19.1 Å². The fraction of sp³-hybridized carbons (Fsp3) is 0.294. The molecule has 0 aliphatic carbocycles. The SMILES string of the molecule is C[C@@H]1CS(=O)(=O)N(c2cccc(C(=O)NCCc3cccs3)c2)C1=O. The smallest absolute Gasteiger partial charge is 0.251 e. The van der Waals surface area contributed by atoms with Crippen molar-refractivity contribution >= 4 is 38.9 Å². The molecular weight excluding hydrogens is 360 g/mol. The van der Waals surface area contributed by atoms with Gasteiger partial charge in [-0.15, -0.1) is 11.3 Å². The van der Waals surface area contributed by atoms with Gasteiger partial charge in [-0.2, -0.15) is 0 Å². The van der Waals surface area contributed by atoms with E-state index in [1.54, 1.807) is 30.4 Å². The van der Waals surface area contributed by atoms with Crippen molar-refractivity contribution in [2.24, 2.45) is 5.92 Å². The lowest BCUT2D eigenvalue weighted by atomic mass is 10.1. The molecule has 1 N–H and O–H groups in total. The number of rotatable bonds is 5. The Labute approximate surface area is 150 Å². The molecule has 1 saturated heterocycles.